The van der Waals surface area contributed by atoms with Crippen LogP contribution >= 0.6 is 0 Å². The van der Waals surface area contributed by atoms with E-state index in [1.54, 1.807) is 4.52 Å². The molecular formula is C22H19N7. The summed E-state index contributed by atoms with van der Waals surface area (Å²) in [6.45, 7) is 2.61. The number of aryl methyl sites for hydroxylation is 1. The lowest BCUT2D eigenvalue weighted by Crippen LogP contribution is -2.08. The van der Waals surface area contributed by atoms with Crippen molar-refractivity contribution in [1.29, 1.82) is 0 Å². The molecule has 29 heavy (non-hydrogen) atoms. The van der Waals surface area contributed by atoms with Crippen molar-refractivity contribution >= 4 is 11.5 Å². The first-order valence-electron chi connectivity index (χ1n) is 9.40. The van der Waals surface area contributed by atoms with Crippen molar-refractivity contribution in [3.8, 4) is 17.1 Å². The van der Waals surface area contributed by atoms with Gasteiger partial charge in [-0.25, -0.2) is 4.68 Å². The van der Waals surface area contributed by atoms with Crippen LogP contribution in [0.15, 0.2) is 79.0 Å². The molecule has 5 aromatic rings. The monoisotopic (exact) mass is 381 g/mol. The van der Waals surface area contributed by atoms with Crippen LogP contribution in [0.1, 0.15) is 11.3 Å². The first kappa shape index (κ1) is 17.1. The highest BCUT2D eigenvalue weighted by molar-refractivity contribution is 5.59. The van der Waals surface area contributed by atoms with Crippen molar-refractivity contribution in [2.45, 2.75) is 13.5 Å². The molecule has 3 heterocycles. The highest BCUT2D eigenvalue weighted by Gasteiger charge is 2.10. The van der Waals surface area contributed by atoms with E-state index in [2.05, 4.69) is 32.7 Å². The van der Waals surface area contributed by atoms with Crippen molar-refractivity contribution in [1.82, 2.24) is 29.6 Å². The molecule has 0 atom stereocenters. The minimum absolute atomic E-state index is 0.621. The van der Waals surface area contributed by atoms with Gasteiger partial charge in [0.15, 0.2) is 11.5 Å². The zero-order chi connectivity index (χ0) is 19.6. The highest BCUT2D eigenvalue weighted by Crippen LogP contribution is 2.19. The molecule has 0 fully saturated rings. The summed E-state index contributed by atoms with van der Waals surface area (Å²) in [5.74, 6) is 1.47. The fourth-order valence-corrected chi connectivity index (χ4v) is 3.27. The molecule has 0 radical (unpaired) electrons. The molecule has 0 saturated heterocycles. The van der Waals surface area contributed by atoms with E-state index in [9.17, 15) is 0 Å². The molecule has 0 aliphatic rings. The van der Waals surface area contributed by atoms with Crippen LogP contribution in [0.5, 0.6) is 0 Å². The minimum atomic E-state index is 0.621. The van der Waals surface area contributed by atoms with E-state index in [0.717, 1.165) is 34.2 Å². The van der Waals surface area contributed by atoms with Gasteiger partial charge in [-0.2, -0.15) is 9.61 Å². The van der Waals surface area contributed by atoms with Gasteiger partial charge in [-0.05, 0) is 36.8 Å². The molecule has 0 unspecified atom stereocenters. The second kappa shape index (κ2) is 7.20. The molecule has 0 saturated carbocycles. The van der Waals surface area contributed by atoms with E-state index >= 15 is 0 Å². The van der Waals surface area contributed by atoms with Gasteiger partial charge in [-0.3, -0.25) is 0 Å². The van der Waals surface area contributed by atoms with Crippen molar-refractivity contribution in [3.05, 3.63) is 90.3 Å². The predicted molar refractivity (Wildman–Crippen MR) is 112 cm³/mol. The minimum Gasteiger partial charge on any atom is -0.364 e. The summed E-state index contributed by atoms with van der Waals surface area (Å²) in [4.78, 5) is 0. The predicted octanol–water partition coefficient (Wildman–Crippen LogP) is 3.90. The van der Waals surface area contributed by atoms with E-state index in [4.69, 9.17) is 5.10 Å². The number of nitrogens with one attached hydrogen (secondary N) is 1. The average Bonchev–Trinajstić information content (AvgIpc) is 3.39. The number of fused-ring (bicyclic) bond motifs is 1. The number of anilines is 1. The molecular weight excluding hydrogens is 362 g/mol. The maximum Gasteiger partial charge on any atom is 0.185 e. The van der Waals surface area contributed by atoms with Crippen molar-refractivity contribution < 1.29 is 0 Å². The third-order valence-corrected chi connectivity index (χ3v) is 4.72. The van der Waals surface area contributed by atoms with Gasteiger partial charge in [-0.15, -0.1) is 15.3 Å². The SMILES string of the molecule is Cc1ccn(-c2ccccc2CNc2ccc3nnc(-c4ccccc4)n3n2)n1. The average molecular weight is 381 g/mol. The summed E-state index contributed by atoms with van der Waals surface area (Å²) < 4.78 is 3.66. The van der Waals surface area contributed by atoms with Crippen LogP contribution in [-0.4, -0.2) is 29.6 Å². The van der Waals surface area contributed by atoms with Gasteiger partial charge in [-0.1, -0.05) is 48.5 Å². The van der Waals surface area contributed by atoms with Gasteiger partial charge in [0.05, 0.1) is 11.4 Å². The largest absolute Gasteiger partial charge is 0.364 e. The third kappa shape index (κ3) is 3.34. The summed E-state index contributed by atoms with van der Waals surface area (Å²) >= 11 is 0. The molecule has 3 aromatic heterocycles. The maximum absolute atomic E-state index is 4.69. The molecule has 1 N–H and O–H groups in total. The molecule has 7 nitrogen and oxygen atoms in total. The van der Waals surface area contributed by atoms with Crippen LogP contribution in [0, 0.1) is 6.92 Å². The fourth-order valence-electron chi connectivity index (χ4n) is 3.27. The van der Waals surface area contributed by atoms with Crippen LogP contribution in [0.2, 0.25) is 0 Å². The number of nitrogens with zero attached hydrogens (tertiary/aromatic N) is 6. The van der Waals surface area contributed by atoms with Crippen LogP contribution < -0.4 is 5.32 Å². The lowest BCUT2D eigenvalue weighted by atomic mass is 10.2. The highest BCUT2D eigenvalue weighted by atomic mass is 15.4. The Morgan fingerprint density at radius 1 is 0.828 bits per heavy atom. The van der Waals surface area contributed by atoms with Crippen molar-refractivity contribution in [3.63, 3.8) is 0 Å². The Kier molecular flexibility index (Phi) is 4.25. The molecule has 2 aromatic carbocycles. The lowest BCUT2D eigenvalue weighted by molar-refractivity contribution is 0.846. The number of hydrogen-bond donors (Lipinski definition) is 1. The zero-order valence-electron chi connectivity index (χ0n) is 15.9. The van der Waals surface area contributed by atoms with E-state index in [-0.39, 0.29) is 0 Å². The Labute approximate surface area is 167 Å². The summed E-state index contributed by atoms with van der Waals surface area (Å²) in [5.41, 5.74) is 4.85. The molecule has 5 rings (SSSR count). The summed E-state index contributed by atoms with van der Waals surface area (Å²) in [6, 6.07) is 24.0. The molecule has 0 aliphatic heterocycles. The second-order valence-electron chi connectivity index (χ2n) is 6.76. The molecule has 0 amide bonds. The van der Waals surface area contributed by atoms with Crippen LogP contribution in [0.4, 0.5) is 5.82 Å². The summed E-state index contributed by atoms with van der Waals surface area (Å²) in [7, 11) is 0. The Morgan fingerprint density at radius 3 is 2.48 bits per heavy atom. The van der Waals surface area contributed by atoms with Crippen LogP contribution in [-0.2, 0) is 6.54 Å². The Bertz CT molecular complexity index is 1270. The summed E-state index contributed by atoms with van der Waals surface area (Å²) in [5, 5.41) is 21.1. The van der Waals surface area contributed by atoms with Gasteiger partial charge in [0.2, 0.25) is 0 Å². The first-order valence-corrected chi connectivity index (χ1v) is 9.40. The normalized spacial score (nSPS) is 11.1. The Balaban J connectivity index is 1.44. The molecule has 142 valence electrons. The number of para-hydroxylation sites is 1. The second-order valence-corrected chi connectivity index (χ2v) is 6.76. The third-order valence-electron chi connectivity index (χ3n) is 4.72. The van der Waals surface area contributed by atoms with Crippen LogP contribution in [0.25, 0.3) is 22.7 Å². The maximum atomic E-state index is 4.69. The smallest absolute Gasteiger partial charge is 0.185 e. The standard InChI is InChI=1S/C22H19N7/c1-16-13-14-28(26-16)19-10-6-5-9-18(19)15-23-20-11-12-21-24-25-22(29(21)27-20)17-7-3-2-4-8-17/h2-14H,15H2,1H3,(H,23,27). The molecule has 0 aliphatic carbocycles. The quantitative estimate of drug-likeness (QED) is 0.500. The topological polar surface area (TPSA) is 72.9 Å². The summed E-state index contributed by atoms with van der Waals surface area (Å²) in [6.07, 6.45) is 1.97. The van der Waals surface area contributed by atoms with Gasteiger partial charge in [0.25, 0.3) is 0 Å². The van der Waals surface area contributed by atoms with E-state index in [0.29, 0.717) is 12.2 Å². The number of hydrogen-bond acceptors (Lipinski definition) is 5. The molecule has 0 bridgehead atoms. The molecule has 0 spiro atoms. The van der Waals surface area contributed by atoms with Crippen molar-refractivity contribution in [2.75, 3.05) is 5.32 Å². The van der Waals surface area contributed by atoms with Crippen LogP contribution in [0.3, 0.4) is 0 Å². The van der Waals surface area contributed by atoms with Crippen molar-refractivity contribution in [2.24, 2.45) is 0 Å². The van der Waals surface area contributed by atoms with Gasteiger partial charge < -0.3 is 5.32 Å². The van der Waals surface area contributed by atoms with Gasteiger partial charge in [0.1, 0.15) is 5.82 Å². The van der Waals surface area contributed by atoms with E-state index in [1.807, 2.05) is 78.5 Å². The Morgan fingerprint density at radius 2 is 1.66 bits per heavy atom. The molecule has 7 heteroatoms. The van der Waals surface area contributed by atoms with E-state index < -0.39 is 0 Å². The number of rotatable bonds is 5. The first-order chi connectivity index (χ1) is 14.3. The Hall–Kier alpha value is -4.00. The number of aromatic nitrogens is 6. The fraction of sp³-hybridized carbons (Fsp3) is 0.0909. The zero-order valence-corrected chi connectivity index (χ0v) is 15.9. The van der Waals surface area contributed by atoms with E-state index in [1.165, 1.54) is 0 Å². The number of benzene rings is 2. The lowest BCUT2D eigenvalue weighted by Gasteiger charge is -2.11. The van der Waals surface area contributed by atoms with Gasteiger partial charge >= 0.3 is 0 Å². The van der Waals surface area contributed by atoms with Gasteiger partial charge in [0, 0.05) is 18.3 Å².